The van der Waals surface area contributed by atoms with Gasteiger partial charge in [-0.1, -0.05) is 13.8 Å². The molecule has 0 heterocycles. The Kier molecular flexibility index (Phi) is 5.74. The molecule has 0 aromatic rings. The van der Waals surface area contributed by atoms with E-state index in [4.69, 9.17) is 10.00 Å². The fourth-order valence-electron chi connectivity index (χ4n) is 1.51. The molecule has 0 aliphatic rings. The monoisotopic (exact) mass is 169 g/mol. The highest BCUT2D eigenvalue weighted by atomic mass is 16.5. The summed E-state index contributed by atoms with van der Waals surface area (Å²) in [5.74, 6) is 0. The van der Waals surface area contributed by atoms with Gasteiger partial charge in [-0.3, -0.25) is 0 Å². The Balaban J connectivity index is 4.06. The van der Waals surface area contributed by atoms with Gasteiger partial charge in [0.05, 0.1) is 12.7 Å². The van der Waals surface area contributed by atoms with Gasteiger partial charge in [-0.2, -0.15) is 5.26 Å². The van der Waals surface area contributed by atoms with E-state index in [0.717, 1.165) is 25.9 Å². The summed E-state index contributed by atoms with van der Waals surface area (Å²) in [7, 11) is 1.73. The summed E-state index contributed by atoms with van der Waals surface area (Å²) in [4.78, 5) is 0. The molecule has 70 valence electrons. The lowest BCUT2D eigenvalue weighted by Crippen LogP contribution is -2.24. The van der Waals surface area contributed by atoms with Gasteiger partial charge in [0.15, 0.2) is 0 Å². The molecular formula is C10H19NO. The van der Waals surface area contributed by atoms with Crippen molar-refractivity contribution in [3.8, 4) is 6.07 Å². The second-order valence-corrected chi connectivity index (χ2v) is 3.30. The minimum Gasteiger partial charge on any atom is -0.384 e. The van der Waals surface area contributed by atoms with Crippen LogP contribution in [0.4, 0.5) is 0 Å². The zero-order chi connectivity index (χ0) is 9.45. The minimum atomic E-state index is 0.241. The summed E-state index contributed by atoms with van der Waals surface area (Å²) >= 11 is 0. The second kappa shape index (κ2) is 6.02. The van der Waals surface area contributed by atoms with Crippen molar-refractivity contribution in [2.45, 2.75) is 39.5 Å². The van der Waals surface area contributed by atoms with E-state index in [0.29, 0.717) is 6.42 Å². The SMILES string of the molecule is CCC(CC)(CCC#N)COC. The Morgan fingerprint density at radius 1 is 1.33 bits per heavy atom. The molecule has 0 aromatic heterocycles. The van der Waals surface area contributed by atoms with Gasteiger partial charge in [0.1, 0.15) is 0 Å². The lowest BCUT2D eigenvalue weighted by Gasteiger charge is -2.29. The lowest BCUT2D eigenvalue weighted by molar-refractivity contribution is 0.0663. The Hall–Kier alpha value is -0.550. The Labute approximate surface area is 75.5 Å². The third-order valence-electron chi connectivity index (χ3n) is 2.72. The number of nitriles is 1. The summed E-state index contributed by atoms with van der Waals surface area (Å²) in [5, 5.41) is 8.50. The number of ether oxygens (including phenoxy) is 1. The highest BCUT2D eigenvalue weighted by Gasteiger charge is 2.25. The molecule has 0 rings (SSSR count). The van der Waals surface area contributed by atoms with Crippen LogP contribution in [0.1, 0.15) is 39.5 Å². The van der Waals surface area contributed by atoms with Crippen LogP contribution in [0.3, 0.4) is 0 Å². The van der Waals surface area contributed by atoms with Crippen molar-refractivity contribution in [3.05, 3.63) is 0 Å². The maximum Gasteiger partial charge on any atom is 0.0621 e. The number of rotatable bonds is 6. The van der Waals surface area contributed by atoms with Gasteiger partial charge in [-0.15, -0.1) is 0 Å². The van der Waals surface area contributed by atoms with Crippen LogP contribution < -0.4 is 0 Å². The summed E-state index contributed by atoms with van der Waals surface area (Å²) < 4.78 is 5.18. The van der Waals surface area contributed by atoms with E-state index in [1.807, 2.05) is 0 Å². The van der Waals surface area contributed by atoms with E-state index in [1.165, 1.54) is 0 Å². The number of nitrogens with zero attached hydrogens (tertiary/aromatic N) is 1. The van der Waals surface area contributed by atoms with Crippen molar-refractivity contribution in [1.29, 1.82) is 5.26 Å². The standard InChI is InChI=1S/C10H19NO/c1-4-10(5-2,9-12-3)7-6-8-11/h4-7,9H2,1-3H3. The first kappa shape index (κ1) is 11.4. The fourth-order valence-corrected chi connectivity index (χ4v) is 1.51. The highest BCUT2D eigenvalue weighted by molar-refractivity contribution is 4.81. The van der Waals surface area contributed by atoms with Crippen molar-refractivity contribution in [2.75, 3.05) is 13.7 Å². The molecule has 2 nitrogen and oxygen atoms in total. The van der Waals surface area contributed by atoms with Gasteiger partial charge in [-0.05, 0) is 24.7 Å². The topological polar surface area (TPSA) is 33.0 Å². The molecule has 0 N–H and O–H groups in total. The third kappa shape index (κ3) is 3.23. The molecule has 0 amide bonds. The van der Waals surface area contributed by atoms with E-state index >= 15 is 0 Å². The molecule has 0 atom stereocenters. The van der Waals surface area contributed by atoms with Crippen LogP contribution in [0.5, 0.6) is 0 Å². The van der Waals surface area contributed by atoms with Crippen LogP contribution in [-0.4, -0.2) is 13.7 Å². The summed E-state index contributed by atoms with van der Waals surface area (Å²) in [6.07, 6.45) is 3.80. The average molecular weight is 169 g/mol. The number of hydrogen-bond donors (Lipinski definition) is 0. The Morgan fingerprint density at radius 3 is 2.25 bits per heavy atom. The zero-order valence-corrected chi connectivity index (χ0v) is 8.39. The molecule has 0 saturated heterocycles. The van der Waals surface area contributed by atoms with Crippen LogP contribution in [0.2, 0.25) is 0 Å². The molecule has 2 heteroatoms. The minimum absolute atomic E-state index is 0.241. The fraction of sp³-hybridized carbons (Fsp3) is 0.900. The second-order valence-electron chi connectivity index (χ2n) is 3.30. The van der Waals surface area contributed by atoms with E-state index in [-0.39, 0.29) is 5.41 Å². The van der Waals surface area contributed by atoms with Crippen molar-refractivity contribution in [1.82, 2.24) is 0 Å². The van der Waals surface area contributed by atoms with Crippen LogP contribution in [0.15, 0.2) is 0 Å². The van der Waals surface area contributed by atoms with Crippen molar-refractivity contribution in [3.63, 3.8) is 0 Å². The van der Waals surface area contributed by atoms with Gasteiger partial charge in [0, 0.05) is 13.5 Å². The molecule has 0 saturated carbocycles. The van der Waals surface area contributed by atoms with Crippen molar-refractivity contribution < 1.29 is 4.74 Å². The maximum atomic E-state index is 8.50. The number of hydrogen-bond acceptors (Lipinski definition) is 2. The number of methoxy groups -OCH3 is 1. The molecule has 0 unspecified atom stereocenters. The van der Waals surface area contributed by atoms with Crippen molar-refractivity contribution >= 4 is 0 Å². The summed E-state index contributed by atoms with van der Waals surface area (Å²) in [6, 6.07) is 2.19. The highest BCUT2D eigenvalue weighted by Crippen LogP contribution is 2.31. The lowest BCUT2D eigenvalue weighted by atomic mass is 9.79. The smallest absolute Gasteiger partial charge is 0.0621 e. The average Bonchev–Trinajstić information content (AvgIpc) is 2.13. The van der Waals surface area contributed by atoms with Gasteiger partial charge in [-0.25, -0.2) is 0 Å². The molecule has 0 spiro atoms. The van der Waals surface area contributed by atoms with Crippen LogP contribution in [0.25, 0.3) is 0 Å². The van der Waals surface area contributed by atoms with E-state index in [9.17, 15) is 0 Å². The first-order valence-corrected chi connectivity index (χ1v) is 4.60. The molecule has 0 aromatic carbocycles. The van der Waals surface area contributed by atoms with Crippen LogP contribution in [-0.2, 0) is 4.74 Å². The van der Waals surface area contributed by atoms with Crippen molar-refractivity contribution in [2.24, 2.45) is 5.41 Å². The molecule has 0 fully saturated rings. The van der Waals surface area contributed by atoms with Gasteiger partial charge in [0.25, 0.3) is 0 Å². The molecule has 12 heavy (non-hydrogen) atoms. The first-order valence-electron chi connectivity index (χ1n) is 4.60. The van der Waals surface area contributed by atoms with Crippen LogP contribution >= 0.6 is 0 Å². The Bertz CT molecular complexity index is 144. The molecule has 0 bridgehead atoms. The zero-order valence-electron chi connectivity index (χ0n) is 8.39. The molecule has 0 radical (unpaired) electrons. The predicted molar refractivity (Wildman–Crippen MR) is 49.7 cm³/mol. The molecular weight excluding hydrogens is 150 g/mol. The van der Waals surface area contributed by atoms with Gasteiger partial charge in [0.2, 0.25) is 0 Å². The Morgan fingerprint density at radius 2 is 1.92 bits per heavy atom. The third-order valence-corrected chi connectivity index (χ3v) is 2.72. The molecule has 0 aliphatic carbocycles. The first-order chi connectivity index (χ1) is 5.74. The van der Waals surface area contributed by atoms with Gasteiger partial charge >= 0.3 is 0 Å². The quantitative estimate of drug-likeness (QED) is 0.612. The van der Waals surface area contributed by atoms with E-state index in [1.54, 1.807) is 7.11 Å². The predicted octanol–water partition coefficient (Wildman–Crippen LogP) is 2.74. The maximum absolute atomic E-state index is 8.50. The normalized spacial score (nSPS) is 11.2. The van der Waals surface area contributed by atoms with Crippen LogP contribution in [0, 0.1) is 16.7 Å². The largest absolute Gasteiger partial charge is 0.384 e. The molecule has 0 aliphatic heterocycles. The van der Waals surface area contributed by atoms with Gasteiger partial charge < -0.3 is 4.74 Å². The summed E-state index contributed by atoms with van der Waals surface area (Å²) in [5.41, 5.74) is 0.241. The van der Waals surface area contributed by atoms with E-state index < -0.39 is 0 Å². The summed E-state index contributed by atoms with van der Waals surface area (Å²) in [6.45, 7) is 5.11. The van der Waals surface area contributed by atoms with E-state index in [2.05, 4.69) is 19.9 Å².